The van der Waals surface area contributed by atoms with E-state index in [1.54, 1.807) is 45.5 Å². The van der Waals surface area contributed by atoms with Crippen LogP contribution >= 0.6 is 0 Å². The molecule has 1 amide bonds. The number of rotatable bonds is 4. The van der Waals surface area contributed by atoms with Crippen LogP contribution in [0.1, 0.15) is 22.3 Å². The third-order valence-corrected chi connectivity index (χ3v) is 7.01. The molecule has 0 fully saturated rings. The molecule has 3 aliphatic rings. The second kappa shape index (κ2) is 8.21. The van der Waals surface area contributed by atoms with E-state index in [1.807, 2.05) is 0 Å². The minimum atomic E-state index is -2.65. The highest BCUT2D eigenvalue weighted by atomic mass is 16.3. The number of fused-ring (bicyclic) bond motifs is 3. The fraction of sp³-hybridized carbons (Fsp3) is 0.417. The summed E-state index contributed by atoms with van der Waals surface area (Å²) in [6.07, 6.45) is 1.76. The van der Waals surface area contributed by atoms with Crippen molar-refractivity contribution in [2.45, 2.75) is 24.5 Å². The molecule has 11 heteroatoms. The van der Waals surface area contributed by atoms with Crippen LogP contribution in [0.2, 0.25) is 0 Å². The maximum Gasteiger partial charge on any atom is 0.255 e. The quantitative estimate of drug-likeness (QED) is 0.229. The molecule has 186 valence electrons. The molecule has 4 atom stereocenters. The van der Waals surface area contributed by atoms with E-state index in [0.717, 1.165) is 0 Å². The number of hydrogen-bond acceptors (Lipinski definition) is 9. The number of ketones is 2. The van der Waals surface area contributed by atoms with E-state index in [0.29, 0.717) is 11.3 Å². The topological polar surface area (TPSA) is 177 Å². The normalized spacial score (nSPS) is 28.3. The van der Waals surface area contributed by atoms with Crippen molar-refractivity contribution < 1.29 is 34.8 Å². The molecule has 0 radical (unpaired) electrons. The summed E-state index contributed by atoms with van der Waals surface area (Å²) in [5.74, 6) is -6.79. The SMILES string of the molecule is CN(C)/C=N/c1ccc(O)c2c1C[C@H]1C[C@H]3[C@H](N(C)C)C(O)=C(C(N)=O)C(=O)[C@@]3(O)C(O)=C1C2=O. The Balaban J connectivity index is 1.94. The highest BCUT2D eigenvalue weighted by Gasteiger charge is 2.63. The van der Waals surface area contributed by atoms with E-state index >= 15 is 0 Å². The number of hydrogen-bond donors (Lipinski definition) is 5. The van der Waals surface area contributed by atoms with E-state index in [9.17, 15) is 34.8 Å². The molecule has 1 aromatic carbocycles. The molecule has 0 bridgehead atoms. The number of benzene rings is 1. The maximum absolute atomic E-state index is 13.6. The molecule has 0 aliphatic heterocycles. The van der Waals surface area contributed by atoms with Crippen LogP contribution < -0.4 is 5.73 Å². The molecular weight excluding hydrogens is 456 g/mol. The zero-order chi connectivity index (χ0) is 26.0. The number of aliphatic imine (C=N–C) groups is 1. The van der Waals surface area contributed by atoms with Crippen LogP contribution in [-0.4, -0.2) is 93.9 Å². The lowest BCUT2D eigenvalue weighted by Crippen LogP contribution is -2.63. The Hall–Kier alpha value is -3.70. The standard InChI is InChI=1S/C24H28N4O7/c1-27(2)9-26-13-5-6-14(29)16-11(13)7-10-8-12-18(28(3)4)20(31)17(23(25)34)22(33)24(12,35)21(32)15(10)19(16)30/h5-6,9-10,12,18,29,31-32,35H,7-8H2,1-4H3,(H2,25,34)/b26-9+/t10-,12-,18-,24-/m0/s1. The Kier molecular flexibility index (Phi) is 5.73. The second-order valence-electron chi connectivity index (χ2n) is 9.63. The molecule has 11 nitrogen and oxygen atoms in total. The Labute approximate surface area is 201 Å². The van der Waals surface area contributed by atoms with Crippen molar-refractivity contribution in [3.63, 3.8) is 0 Å². The Bertz CT molecular complexity index is 1250. The summed E-state index contributed by atoms with van der Waals surface area (Å²) in [4.78, 5) is 46.4. The van der Waals surface area contributed by atoms with Gasteiger partial charge < -0.3 is 31.1 Å². The number of carbonyl (C=O) groups is 3. The summed E-state index contributed by atoms with van der Waals surface area (Å²) in [7, 11) is 6.73. The van der Waals surface area contributed by atoms with E-state index < -0.39 is 58.0 Å². The lowest BCUT2D eigenvalue weighted by Gasteiger charge is -2.50. The average molecular weight is 485 g/mol. The smallest absolute Gasteiger partial charge is 0.255 e. The largest absolute Gasteiger partial charge is 0.510 e. The van der Waals surface area contributed by atoms with Gasteiger partial charge in [0.2, 0.25) is 5.78 Å². The van der Waals surface area contributed by atoms with Crippen LogP contribution in [0.5, 0.6) is 5.75 Å². The zero-order valence-corrected chi connectivity index (χ0v) is 19.8. The van der Waals surface area contributed by atoms with Crippen LogP contribution in [0.4, 0.5) is 5.69 Å². The van der Waals surface area contributed by atoms with Crippen LogP contribution in [0, 0.1) is 11.8 Å². The van der Waals surface area contributed by atoms with Gasteiger partial charge in [0.15, 0.2) is 11.4 Å². The van der Waals surface area contributed by atoms with E-state index in [2.05, 4.69) is 4.99 Å². The number of amides is 1. The first-order valence-corrected chi connectivity index (χ1v) is 11.0. The molecule has 6 N–H and O–H groups in total. The van der Waals surface area contributed by atoms with Gasteiger partial charge in [-0.15, -0.1) is 0 Å². The number of phenolic OH excluding ortho intramolecular Hbond substituents is 1. The fourth-order valence-electron chi connectivity index (χ4n) is 5.53. The van der Waals surface area contributed by atoms with Gasteiger partial charge >= 0.3 is 0 Å². The van der Waals surface area contributed by atoms with Gasteiger partial charge in [-0.05, 0) is 50.6 Å². The molecule has 4 rings (SSSR count). The minimum absolute atomic E-state index is 0.0260. The number of Topliss-reactive ketones (excluding diaryl/α,β-unsaturated/α-hetero) is 2. The van der Waals surface area contributed by atoms with Crippen molar-refractivity contribution in [1.29, 1.82) is 0 Å². The molecule has 0 spiro atoms. The number of likely N-dealkylation sites (N-methyl/N-ethyl adjacent to an activating group) is 1. The Morgan fingerprint density at radius 3 is 2.40 bits per heavy atom. The van der Waals surface area contributed by atoms with Gasteiger partial charge in [-0.2, -0.15) is 0 Å². The molecule has 0 saturated carbocycles. The number of nitrogens with two attached hydrogens (primary N) is 1. The van der Waals surface area contributed by atoms with Crippen molar-refractivity contribution >= 4 is 29.5 Å². The maximum atomic E-state index is 13.6. The molecule has 0 heterocycles. The van der Waals surface area contributed by atoms with Crippen LogP contribution in [-0.2, 0) is 16.0 Å². The van der Waals surface area contributed by atoms with Crippen molar-refractivity contribution in [3.05, 3.63) is 45.9 Å². The van der Waals surface area contributed by atoms with Crippen molar-refractivity contribution in [2.75, 3.05) is 28.2 Å². The van der Waals surface area contributed by atoms with Gasteiger partial charge in [-0.1, -0.05) is 0 Å². The fourth-order valence-corrected chi connectivity index (χ4v) is 5.53. The summed E-state index contributed by atoms with van der Waals surface area (Å²) < 4.78 is 0. The van der Waals surface area contributed by atoms with E-state index in [-0.39, 0.29) is 29.7 Å². The molecular formula is C24H28N4O7. The number of allylic oxidation sites excluding steroid dienone is 1. The molecule has 0 saturated heterocycles. The van der Waals surface area contributed by atoms with Crippen LogP contribution in [0.3, 0.4) is 0 Å². The molecule has 35 heavy (non-hydrogen) atoms. The monoisotopic (exact) mass is 484 g/mol. The van der Waals surface area contributed by atoms with Crippen LogP contribution in [0.25, 0.3) is 0 Å². The Morgan fingerprint density at radius 2 is 1.83 bits per heavy atom. The van der Waals surface area contributed by atoms with Crippen molar-refractivity contribution in [3.8, 4) is 5.75 Å². The second-order valence-corrected chi connectivity index (χ2v) is 9.63. The zero-order valence-electron chi connectivity index (χ0n) is 19.8. The highest BCUT2D eigenvalue weighted by Crippen LogP contribution is 2.53. The van der Waals surface area contributed by atoms with E-state index in [4.69, 9.17) is 5.73 Å². The summed E-state index contributed by atoms with van der Waals surface area (Å²) in [5.41, 5.74) is 2.50. The summed E-state index contributed by atoms with van der Waals surface area (Å²) in [6.45, 7) is 0. The predicted molar refractivity (Wildman–Crippen MR) is 126 cm³/mol. The molecule has 3 aliphatic carbocycles. The predicted octanol–water partition coefficient (Wildman–Crippen LogP) is 0.342. The van der Waals surface area contributed by atoms with Gasteiger partial charge in [-0.25, -0.2) is 4.99 Å². The third kappa shape index (κ3) is 3.41. The van der Waals surface area contributed by atoms with Gasteiger partial charge in [0.1, 0.15) is 22.8 Å². The average Bonchev–Trinajstić information content (AvgIpc) is 2.75. The Morgan fingerprint density at radius 1 is 1.17 bits per heavy atom. The first kappa shape index (κ1) is 24.4. The summed E-state index contributed by atoms with van der Waals surface area (Å²) in [6, 6.07) is 1.86. The van der Waals surface area contributed by atoms with Gasteiger partial charge in [-0.3, -0.25) is 19.3 Å². The molecule has 0 unspecified atom stereocenters. The van der Waals surface area contributed by atoms with Crippen molar-refractivity contribution in [1.82, 2.24) is 9.80 Å². The number of aromatic hydroxyl groups is 1. The lowest BCUT2D eigenvalue weighted by molar-refractivity contribution is -0.148. The first-order chi connectivity index (χ1) is 16.3. The van der Waals surface area contributed by atoms with Gasteiger partial charge in [0, 0.05) is 25.6 Å². The molecule has 0 aromatic heterocycles. The number of nitrogens with zero attached hydrogens (tertiary/aromatic N) is 3. The number of aliphatic hydroxyl groups excluding tert-OH is 2. The van der Waals surface area contributed by atoms with Crippen molar-refractivity contribution in [2.24, 2.45) is 22.6 Å². The third-order valence-electron chi connectivity index (χ3n) is 7.01. The molecule has 1 aromatic rings. The summed E-state index contributed by atoms with van der Waals surface area (Å²) >= 11 is 0. The van der Waals surface area contributed by atoms with Gasteiger partial charge in [0.25, 0.3) is 5.91 Å². The highest BCUT2D eigenvalue weighted by molar-refractivity contribution is 6.24. The first-order valence-electron chi connectivity index (χ1n) is 11.0. The summed E-state index contributed by atoms with van der Waals surface area (Å²) in [5, 5.41) is 44.1. The number of carbonyl (C=O) groups excluding carboxylic acids is 3. The number of aliphatic hydroxyl groups is 3. The number of phenols is 1. The van der Waals surface area contributed by atoms with E-state index in [1.165, 1.54) is 11.0 Å². The minimum Gasteiger partial charge on any atom is -0.510 e. The lowest BCUT2D eigenvalue weighted by atomic mass is 9.58. The van der Waals surface area contributed by atoms with Crippen LogP contribution in [0.15, 0.2) is 39.8 Å². The van der Waals surface area contributed by atoms with Gasteiger partial charge in [0.05, 0.1) is 23.6 Å². The number of primary amides is 1.